The number of hydrogen-bond acceptors (Lipinski definition) is 9. The third kappa shape index (κ3) is 3.23. The van der Waals surface area contributed by atoms with Crippen molar-refractivity contribution in [2.75, 3.05) is 67.2 Å². The van der Waals surface area contributed by atoms with Crippen molar-refractivity contribution in [3.63, 3.8) is 0 Å². The molecule has 0 saturated carbocycles. The van der Waals surface area contributed by atoms with Gasteiger partial charge in [-0.3, -0.25) is 0 Å². The lowest BCUT2D eigenvalue weighted by Gasteiger charge is -2.35. The van der Waals surface area contributed by atoms with Crippen LogP contribution in [0, 0.1) is 0 Å². The highest BCUT2D eigenvalue weighted by atomic mass is 16.5. The summed E-state index contributed by atoms with van der Waals surface area (Å²) in [5.41, 5.74) is 0.757. The molecule has 0 amide bonds. The summed E-state index contributed by atoms with van der Waals surface area (Å²) in [4.78, 5) is 6.75. The Morgan fingerprint density at radius 2 is 1.26 bits per heavy atom. The summed E-state index contributed by atoms with van der Waals surface area (Å²) in [7, 11) is 0. The Labute approximate surface area is 156 Å². The minimum absolute atomic E-state index is 0.750. The van der Waals surface area contributed by atoms with Crippen LogP contribution in [0.3, 0.4) is 0 Å². The fourth-order valence-electron chi connectivity index (χ4n) is 3.50. The van der Waals surface area contributed by atoms with Crippen molar-refractivity contribution in [2.45, 2.75) is 0 Å². The molecule has 0 radical (unpaired) electrons. The lowest BCUT2D eigenvalue weighted by molar-refractivity contribution is 0.122. The van der Waals surface area contributed by atoms with Crippen LogP contribution in [-0.4, -0.2) is 82.5 Å². The van der Waals surface area contributed by atoms with Gasteiger partial charge >= 0.3 is 0 Å². The first-order valence-corrected chi connectivity index (χ1v) is 9.20. The van der Waals surface area contributed by atoms with Crippen LogP contribution in [0.1, 0.15) is 0 Å². The molecule has 10 nitrogen and oxygen atoms in total. The molecule has 3 aromatic heterocycles. The second kappa shape index (κ2) is 6.95. The van der Waals surface area contributed by atoms with Crippen molar-refractivity contribution in [3.05, 3.63) is 30.6 Å². The van der Waals surface area contributed by atoms with Gasteiger partial charge in [-0.1, -0.05) is 0 Å². The van der Waals surface area contributed by atoms with Gasteiger partial charge in [-0.05, 0) is 24.3 Å². The summed E-state index contributed by atoms with van der Waals surface area (Å²) in [6.45, 7) is 6.77. The monoisotopic (exact) mass is 367 g/mol. The van der Waals surface area contributed by atoms with E-state index in [0.29, 0.717) is 0 Å². The first kappa shape index (κ1) is 16.2. The number of hydrogen-bond donors (Lipinski definition) is 0. The van der Waals surface area contributed by atoms with Crippen molar-refractivity contribution < 1.29 is 4.74 Å². The summed E-state index contributed by atoms with van der Waals surface area (Å²) in [6, 6.07) is 8.06. The van der Waals surface area contributed by atoms with E-state index in [2.05, 4.69) is 52.3 Å². The van der Waals surface area contributed by atoms with Gasteiger partial charge in [0.1, 0.15) is 12.1 Å². The van der Waals surface area contributed by atoms with Crippen LogP contribution in [0.25, 0.3) is 5.65 Å². The average Bonchev–Trinajstić information content (AvgIpc) is 3.23. The number of piperazine rings is 1. The summed E-state index contributed by atoms with van der Waals surface area (Å²) < 4.78 is 7.10. The van der Waals surface area contributed by atoms with E-state index >= 15 is 0 Å². The molecule has 0 unspecified atom stereocenters. The lowest BCUT2D eigenvalue weighted by atomic mass is 10.3. The summed E-state index contributed by atoms with van der Waals surface area (Å²) in [5.74, 6) is 2.79. The molecular weight excluding hydrogens is 346 g/mol. The van der Waals surface area contributed by atoms with E-state index in [4.69, 9.17) is 4.74 Å². The van der Waals surface area contributed by atoms with Crippen LogP contribution in [0.5, 0.6) is 0 Å². The quantitative estimate of drug-likeness (QED) is 0.638. The van der Waals surface area contributed by atoms with Crippen LogP contribution in [0.4, 0.5) is 17.5 Å². The molecule has 5 rings (SSSR count). The van der Waals surface area contributed by atoms with Crippen LogP contribution in [-0.2, 0) is 4.74 Å². The molecule has 2 fully saturated rings. The predicted molar refractivity (Wildman–Crippen MR) is 100 cm³/mol. The highest BCUT2D eigenvalue weighted by Gasteiger charge is 2.20. The maximum absolute atomic E-state index is 5.39. The largest absolute Gasteiger partial charge is 0.378 e. The number of fused-ring (bicyclic) bond motifs is 1. The van der Waals surface area contributed by atoms with Crippen LogP contribution >= 0.6 is 0 Å². The first-order chi connectivity index (χ1) is 13.4. The molecule has 0 atom stereocenters. The molecule has 0 aliphatic carbocycles. The van der Waals surface area contributed by atoms with E-state index in [9.17, 15) is 0 Å². The normalized spacial score (nSPS) is 18.3. The predicted octanol–water partition coefficient (Wildman–Crippen LogP) is 0.0775. The van der Waals surface area contributed by atoms with E-state index in [-0.39, 0.29) is 0 Å². The molecule has 5 heterocycles. The molecule has 2 aliphatic rings. The lowest BCUT2D eigenvalue weighted by Crippen LogP contribution is -2.47. The van der Waals surface area contributed by atoms with Gasteiger partial charge in [0.15, 0.2) is 17.3 Å². The first-order valence-electron chi connectivity index (χ1n) is 9.20. The van der Waals surface area contributed by atoms with Crippen molar-refractivity contribution in [2.24, 2.45) is 0 Å². The Hall–Kier alpha value is -3.01. The maximum atomic E-state index is 5.39. The zero-order valence-corrected chi connectivity index (χ0v) is 15.0. The number of ether oxygens (including phenoxy) is 1. The van der Waals surface area contributed by atoms with Gasteiger partial charge in [0.2, 0.25) is 0 Å². The molecular formula is C17H21N9O. The molecule has 140 valence electrons. The smallest absolute Gasteiger partial charge is 0.177 e. The number of rotatable bonds is 3. The Bertz CT molecular complexity index is 898. The van der Waals surface area contributed by atoms with Gasteiger partial charge in [-0.2, -0.15) is 4.52 Å². The molecule has 27 heavy (non-hydrogen) atoms. The Kier molecular flexibility index (Phi) is 4.17. The van der Waals surface area contributed by atoms with E-state index in [0.717, 1.165) is 75.6 Å². The molecule has 2 aliphatic heterocycles. The molecule has 0 N–H and O–H groups in total. The van der Waals surface area contributed by atoms with Gasteiger partial charge < -0.3 is 19.4 Å². The molecule has 0 bridgehead atoms. The molecule has 0 spiro atoms. The van der Waals surface area contributed by atoms with E-state index in [1.807, 2.05) is 12.1 Å². The number of nitrogens with zero attached hydrogens (tertiary/aromatic N) is 9. The zero-order valence-electron chi connectivity index (χ0n) is 15.0. The van der Waals surface area contributed by atoms with E-state index < -0.39 is 0 Å². The summed E-state index contributed by atoms with van der Waals surface area (Å²) >= 11 is 0. The third-order valence-corrected chi connectivity index (χ3v) is 5.05. The van der Waals surface area contributed by atoms with Gasteiger partial charge in [0, 0.05) is 39.3 Å². The van der Waals surface area contributed by atoms with Crippen LogP contribution in [0.15, 0.2) is 30.6 Å². The van der Waals surface area contributed by atoms with Gasteiger partial charge in [-0.15, -0.1) is 25.5 Å². The highest BCUT2D eigenvalue weighted by molar-refractivity contribution is 5.49. The second-order valence-corrected chi connectivity index (χ2v) is 6.65. The molecule has 3 aromatic rings. The van der Waals surface area contributed by atoms with Gasteiger partial charge in [-0.25, -0.2) is 0 Å². The number of anilines is 3. The highest BCUT2D eigenvalue weighted by Crippen LogP contribution is 2.19. The minimum atomic E-state index is 0.750. The third-order valence-electron chi connectivity index (χ3n) is 5.05. The standard InChI is InChI=1S/C17H21N9O/c1-2-15(25-9-11-27-12-10-25)21-20-14(1)23-5-7-24(8-6-23)17-4-3-16-19-18-13-26(16)22-17/h1-4,13H,5-12H2. The number of aromatic nitrogens is 6. The van der Waals surface area contributed by atoms with Gasteiger partial charge in [0.25, 0.3) is 0 Å². The van der Waals surface area contributed by atoms with Gasteiger partial charge in [0.05, 0.1) is 13.2 Å². The Morgan fingerprint density at radius 1 is 0.667 bits per heavy atom. The average molecular weight is 367 g/mol. The van der Waals surface area contributed by atoms with Crippen LogP contribution in [0.2, 0.25) is 0 Å². The summed E-state index contributed by atoms with van der Waals surface area (Å²) in [5, 5.41) is 21.3. The molecule has 2 saturated heterocycles. The van der Waals surface area contributed by atoms with Crippen molar-refractivity contribution in [1.29, 1.82) is 0 Å². The second-order valence-electron chi connectivity index (χ2n) is 6.65. The molecule has 10 heteroatoms. The minimum Gasteiger partial charge on any atom is -0.378 e. The van der Waals surface area contributed by atoms with Crippen molar-refractivity contribution in [1.82, 2.24) is 30.0 Å². The van der Waals surface area contributed by atoms with Crippen molar-refractivity contribution in [3.8, 4) is 0 Å². The molecule has 0 aromatic carbocycles. The summed E-state index contributed by atoms with van der Waals surface area (Å²) in [6.07, 6.45) is 1.63. The zero-order chi connectivity index (χ0) is 18.1. The van der Waals surface area contributed by atoms with Crippen LogP contribution < -0.4 is 14.7 Å². The Morgan fingerprint density at radius 3 is 1.93 bits per heavy atom. The Balaban J connectivity index is 1.23. The SMILES string of the molecule is c1cc(N2CCN(c3ccc4nncn4n3)CC2)nnc1N1CCOCC1. The van der Waals surface area contributed by atoms with Crippen molar-refractivity contribution >= 4 is 23.1 Å². The number of morpholine rings is 1. The maximum Gasteiger partial charge on any atom is 0.177 e. The fraction of sp³-hybridized carbons (Fsp3) is 0.471. The van der Waals surface area contributed by atoms with E-state index in [1.165, 1.54) is 0 Å². The fourth-order valence-corrected chi connectivity index (χ4v) is 3.50. The van der Waals surface area contributed by atoms with E-state index in [1.54, 1.807) is 10.8 Å². The topological polar surface area (TPSA) is 87.8 Å².